The molecular weight excluding hydrogens is 426 g/mol. The highest BCUT2D eigenvalue weighted by atomic mass is 19.4. The Morgan fingerprint density at radius 3 is 2.45 bits per heavy atom. The maximum Gasteiger partial charge on any atom is 0.490 e. The number of carbonyl (C=O) groups is 1. The summed E-state index contributed by atoms with van der Waals surface area (Å²) in [4.78, 5) is 23.0. The van der Waals surface area contributed by atoms with Gasteiger partial charge in [0, 0.05) is 25.4 Å². The van der Waals surface area contributed by atoms with E-state index >= 15 is 0 Å². The largest absolute Gasteiger partial charge is 0.490 e. The third-order valence-electron chi connectivity index (χ3n) is 3.95. The van der Waals surface area contributed by atoms with E-state index < -0.39 is 18.0 Å². The monoisotopic (exact) mass is 441 g/mol. The molecule has 0 unspecified atom stereocenters. The van der Waals surface area contributed by atoms with Gasteiger partial charge in [-0.15, -0.1) is 10.2 Å². The summed E-state index contributed by atoms with van der Waals surface area (Å²) < 4.78 is 52.3. The summed E-state index contributed by atoms with van der Waals surface area (Å²) in [5, 5.41) is 15.5. The fourth-order valence-electron chi connectivity index (χ4n) is 2.54. The molecule has 0 saturated heterocycles. The molecule has 0 aromatic carbocycles. The van der Waals surface area contributed by atoms with Crippen LogP contribution < -0.4 is 9.64 Å². The average Bonchev–Trinajstić information content (AvgIpc) is 3.15. The molecule has 1 aliphatic rings. The number of anilines is 1. The van der Waals surface area contributed by atoms with E-state index in [1.165, 1.54) is 0 Å². The minimum atomic E-state index is -5.08. The SMILES string of the molecule is Fc1cnc(N2CCn3c(COc4ccccn4)nnc3C2)nc1.O=C(O)C(F)(F)F. The number of fused-ring (bicyclic) bond motifs is 1. The van der Waals surface area contributed by atoms with E-state index in [9.17, 15) is 17.6 Å². The molecule has 3 aromatic rings. The molecule has 4 heterocycles. The quantitative estimate of drug-likeness (QED) is 0.605. The standard InChI is InChI=1S/C15H14FN7O.C2HF3O2/c16-11-7-18-15(19-8-11)22-5-6-23-12(9-22)20-21-13(23)10-24-14-3-1-2-4-17-14;3-2(4,5)1(6)7/h1-4,7-8H,5-6,9-10H2;(H,6,7). The Morgan fingerprint density at radius 1 is 1.13 bits per heavy atom. The van der Waals surface area contributed by atoms with Crippen LogP contribution in [0.15, 0.2) is 36.8 Å². The first-order chi connectivity index (χ1) is 14.7. The van der Waals surface area contributed by atoms with Gasteiger partial charge in [-0.1, -0.05) is 6.07 Å². The highest BCUT2D eigenvalue weighted by Crippen LogP contribution is 2.18. The van der Waals surface area contributed by atoms with Crippen molar-refractivity contribution >= 4 is 11.9 Å². The lowest BCUT2D eigenvalue weighted by molar-refractivity contribution is -0.192. The minimum absolute atomic E-state index is 0.303. The maximum atomic E-state index is 12.9. The number of halogens is 4. The van der Waals surface area contributed by atoms with Crippen molar-refractivity contribution in [1.82, 2.24) is 29.7 Å². The number of pyridine rings is 1. The average molecular weight is 441 g/mol. The van der Waals surface area contributed by atoms with Crippen LogP contribution in [-0.4, -0.2) is 53.5 Å². The van der Waals surface area contributed by atoms with E-state index in [1.54, 1.807) is 12.3 Å². The van der Waals surface area contributed by atoms with Gasteiger partial charge in [0.1, 0.15) is 6.61 Å². The van der Waals surface area contributed by atoms with Crippen molar-refractivity contribution in [3.05, 3.63) is 54.3 Å². The molecule has 0 atom stereocenters. The molecular formula is C17H15F4N7O3. The second-order valence-corrected chi connectivity index (χ2v) is 6.07. The van der Waals surface area contributed by atoms with Gasteiger partial charge < -0.3 is 19.3 Å². The lowest BCUT2D eigenvalue weighted by atomic mass is 10.3. The summed E-state index contributed by atoms with van der Waals surface area (Å²) in [5.41, 5.74) is 0. The number of carboxylic acids is 1. The molecule has 164 valence electrons. The Balaban J connectivity index is 0.000000339. The molecule has 0 bridgehead atoms. The Hall–Kier alpha value is -3.84. The first kappa shape index (κ1) is 21.9. The third-order valence-corrected chi connectivity index (χ3v) is 3.95. The van der Waals surface area contributed by atoms with E-state index in [-0.39, 0.29) is 0 Å². The molecule has 1 N–H and O–H groups in total. The van der Waals surface area contributed by atoms with Crippen molar-refractivity contribution < 1.29 is 32.2 Å². The van der Waals surface area contributed by atoms with Gasteiger partial charge in [0.05, 0.1) is 18.9 Å². The maximum absolute atomic E-state index is 12.9. The van der Waals surface area contributed by atoms with Crippen LogP contribution in [0.25, 0.3) is 0 Å². The van der Waals surface area contributed by atoms with E-state index in [0.717, 1.165) is 24.0 Å². The summed E-state index contributed by atoms with van der Waals surface area (Å²) >= 11 is 0. The second kappa shape index (κ2) is 9.32. The zero-order valence-corrected chi connectivity index (χ0v) is 15.7. The summed E-state index contributed by atoms with van der Waals surface area (Å²) in [5.74, 6) is -0.631. The van der Waals surface area contributed by atoms with Crippen LogP contribution in [0.1, 0.15) is 11.6 Å². The van der Waals surface area contributed by atoms with Gasteiger partial charge in [-0.25, -0.2) is 24.1 Å². The van der Waals surface area contributed by atoms with Crippen LogP contribution in [0, 0.1) is 5.82 Å². The molecule has 3 aromatic heterocycles. The molecule has 0 radical (unpaired) electrons. The molecule has 0 saturated carbocycles. The van der Waals surface area contributed by atoms with Gasteiger partial charge in [0.2, 0.25) is 11.8 Å². The predicted octanol–water partition coefficient (Wildman–Crippen LogP) is 1.83. The molecule has 0 spiro atoms. The third kappa shape index (κ3) is 5.83. The molecule has 0 amide bonds. The van der Waals surface area contributed by atoms with Crippen molar-refractivity contribution in [2.24, 2.45) is 0 Å². The number of alkyl halides is 3. The Labute approximate surface area is 172 Å². The fourth-order valence-corrected chi connectivity index (χ4v) is 2.54. The Morgan fingerprint density at radius 2 is 1.84 bits per heavy atom. The summed E-state index contributed by atoms with van der Waals surface area (Å²) in [6, 6.07) is 5.49. The number of ether oxygens (including phenoxy) is 1. The highest BCUT2D eigenvalue weighted by Gasteiger charge is 2.38. The summed E-state index contributed by atoms with van der Waals surface area (Å²) in [7, 11) is 0. The van der Waals surface area contributed by atoms with Crippen molar-refractivity contribution in [2.75, 3.05) is 11.4 Å². The van der Waals surface area contributed by atoms with Gasteiger partial charge in [0.15, 0.2) is 17.5 Å². The number of aromatic nitrogens is 6. The van der Waals surface area contributed by atoms with Crippen molar-refractivity contribution in [3.8, 4) is 5.88 Å². The van der Waals surface area contributed by atoms with Crippen molar-refractivity contribution in [2.45, 2.75) is 25.9 Å². The molecule has 1 aliphatic heterocycles. The molecule has 31 heavy (non-hydrogen) atoms. The van der Waals surface area contributed by atoms with Crippen molar-refractivity contribution in [3.63, 3.8) is 0 Å². The lowest BCUT2D eigenvalue weighted by Gasteiger charge is -2.27. The van der Waals surface area contributed by atoms with E-state index in [2.05, 4.69) is 25.1 Å². The summed E-state index contributed by atoms with van der Waals surface area (Å²) in [6.45, 7) is 2.19. The summed E-state index contributed by atoms with van der Waals surface area (Å²) in [6.07, 6.45) is -1.09. The van der Waals surface area contributed by atoms with E-state index in [4.69, 9.17) is 14.6 Å². The number of nitrogens with zero attached hydrogens (tertiary/aromatic N) is 7. The smallest absolute Gasteiger partial charge is 0.475 e. The topological polar surface area (TPSA) is 119 Å². The minimum Gasteiger partial charge on any atom is -0.475 e. The normalized spacial score (nSPS) is 13.1. The van der Waals surface area contributed by atoms with Gasteiger partial charge in [-0.05, 0) is 6.07 Å². The first-order valence-electron chi connectivity index (χ1n) is 8.71. The van der Waals surface area contributed by atoms with E-state index in [0.29, 0.717) is 38.1 Å². The van der Waals surface area contributed by atoms with Gasteiger partial charge >= 0.3 is 12.1 Å². The number of hydrogen-bond acceptors (Lipinski definition) is 8. The van der Waals surface area contributed by atoms with Crippen molar-refractivity contribution in [1.29, 1.82) is 0 Å². The van der Waals surface area contributed by atoms with Crippen LogP contribution >= 0.6 is 0 Å². The van der Waals surface area contributed by atoms with E-state index in [1.807, 2.05) is 21.6 Å². The van der Waals surface area contributed by atoms with Crippen LogP contribution in [0.5, 0.6) is 5.88 Å². The van der Waals surface area contributed by atoms with Crippen LogP contribution in [0.4, 0.5) is 23.5 Å². The first-order valence-corrected chi connectivity index (χ1v) is 8.71. The number of aliphatic carboxylic acids is 1. The zero-order chi connectivity index (χ0) is 22.4. The number of rotatable bonds is 4. The molecule has 14 heteroatoms. The lowest BCUT2D eigenvalue weighted by Crippen LogP contribution is -2.35. The van der Waals surface area contributed by atoms with Gasteiger partial charge in [-0.2, -0.15) is 13.2 Å². The van der Waals surface area contributed by atoms with Crippen LogP contribution in [-0.2, 0) is 24.5 Å². The molecule has 0 aliphatic carbocycles. The number of hydrogen-bond donors (Lipinski definition) is 1. The van der Waals surface area contributed by atoms with Gasteiger partial charge in [-0.3, -0.25) is 0 Å². The van der Waals surface area contributed by atoms with Crippen LogP contribution in [0.3, 0.4) is 0 Å². The Kier molecular flexibility index (Phi) is 6.57. The Bertz CT molecular complexity index is 1010. The fraction of sp³-hybridized carbons (Fsp3) is 0.294. The molecule has 10 nitrogen and oxygen atoms in total. The molecule has 4 rings (SSSR count). The van der Waals surface area contributed by atoms with Crippen LogP contribution in [0.2, 0.25) is 0 Å². The highest BCUT2D eigenvalue weighted by molar-refractivity contribution is 5.73. The predicted molar refractivity (Wildman–Crippen MR) is 95.3 cm³/mol. The second-order valence-electron chi connectivity index (χ2n) is 6.07. The molecule has 0 fully saturated rings. The number of carboxylic acid groups (broad SMARTS) is 1. The van der Waals surface area contributed by atoms with Gasteiger partial charge in [0.25, 0.3) is 0 Å². The zero-order valence-electron chi connectivity index (χ0n) is 15.7.